The van der Waals surface area contributed by atoms with Gasteiger partial charge in [0.05, 0.1) is 24.5 Å². The van der Waals surface area contributed by atoms with E-state index in [-0.39, 0.29) is 34.5 Å². The van der Waals surface area contributed by atoms with E-state index in [4.69, 9.17) is 9.15 Å². The summed E-state index contributed by atoms with van der Waals surface area (Å²) in [5, 5.41) is 22.5. The third kappa shape index (κ3) is 3.32. The van der Waals surface area contributed by atoms with E-state index in [9.17, 15) is 19.8 Å². The van der Waals surface area contributed by atoms with Gasteiger partial charge in [0.25, 0.3) is 0 Å². The molecule has 7 nitrogen and oxygen atoms in total. The molecule has 0 spiro atoms. The molecule has 3 rings (SSSR count). The summed E-state index contributed by atoms with van der Waals surface area (Å²) in [7, 11) is 1.52. The molecule has 0 radical (unpaired) electrons. The number of aromatic hydroxyl groups is 2. The van der Waals surface area contributed by atoms with Gasteiger partial charge in [0.1, 0.15) is 22.8 Å². The van der Waals surface area contributed by atoms with Crippen LogP contribution < -0.4 is 15.7 Å². The normalized spacial score (nSPS) is 10.7. The van der Waals surface area contributed by atoms with Gasteiger partial charge in [-0.25, -0.2) is 4.79 Å². The van der Waals surface area contributed by atoms with E-state index < -0.39 is 11.5 Å². The van der Waals surface area contributed by atoms with Gasteiger partial charge in [-0.1, -0.05) is 6.07 Å². The Morgan fingerprint density at radius 1 is 1.23 bits per heavy atom. The number of phenolic OH excluding ortho intramolecular Hbond substituents is 2. The molecule has 3 aromatic rings. The topological polar surface area (TPSA) is 109 Å². The number of carbonyl (C=O) groups is 1. The predicted molar refractivity (Wildman–Crippen MR) is 95.9 cm³/mol. The lowest BCUT2D eigenvalue weighted by Crippen LogP contribution is -2.20. The lowest BCUT2D eigenvalue weighted by Gasteiger charge is -2.10. The summed E-state index contributed by atoms with van der Waals surface area (Å²) in [5.41, 5.74) is 0.459. The van der Waals surface area contributed by atoms with E-state index in [0.717, 1.165) is 6.07 Å². The van der Waals surface area contributed by atoms with Gasteiger partial charge in [-0.15, -0.1) is 0 Å². The maximum absolute atomic E-state index is 12.3. The van der Waals surface area contributed by atoms with Crippen LogP contribution in [-0.4, -0.2) is 23.2 Å². The molecule has 0 aliphatic carbocycles. The lowest BCUT2D eigenvalue weighted by atomic mass is 10.0. The van der Waals surface area contributed by atoms with E-state index in [2.05, 4.69) is 5.32 Å². The zero-order valence-corrected chi connectivity index (χ0v) is 14.2. The van der Waals surface area contributed by atoms with Crippen LogP contribution in [0.15, 0.2) is 45.6 Å². The fourth-order valence-electron chi connectivity index (χ4n) is 2.78. The number of hydrogen-bond acceptors (Lipinski definition) is 6. The van der Waals surface area contributed by atoms with Gasteiger partial charge in [0.2, 0.25) is 5.91 Å². The molecule has 7 heteroatoms. The second-order valence-corrected chi connectivity index (χ2v) is 5.79. The molecule has 3 N–H and O–H groups in total. The molecule has 0 saturated heterocycles. The molecule has 1 heterocycles. The smallest absolute Gasteiger partial charge is 0.340 e. The second-order valence-electron chi connectivity index (χ2n) is 5.79. The molecule has 134 valence electrons. The van der Waals surface area contributed by atoms with Crippen molar-refractivity contribution in [3.63, 3.8) is 0 Å². The summed E-state index contributed by atoms with van der Waals surface area (Å²) in [6.45, 7) is 1.62. The van der Waals surface area contributed by atoms with E-state index in [1.165, 1.54) is 13.2 Å². The van der Waals surface area contributed by atoms with Crippen molar-refractivity contribution in [3.8, 4) is 17.2 Å². The van der Waals surface area contributed by atoms with Crippen LogP contribution in [0.25, 0.3) is 11.0 Å². The number of carbonyl (C=O) groups excluding carboxylic acids is 1. The number of rotatable bonds is 4. The largest absolute Gasteiger partial charge is 0.508 e. The van der Waals surface area contributed by atoms with Gasteiger partial charge < -0.3 is 24.7 Å². The number of benzene rings is 2. The summed E-state index contributed by atoms with van der Waals surface area (Å²) in [4.78, 5) is 24.6. The van der Waals surface area contributed by atoms with E-state index in [1.54, 1.807) is 31.2 Å². The first-order valence-corrected chi connectivity index (χ1v) is 7.81. The van der Waals surface area contributed by atoms with Crippen LogP contribution in [0.4, 0.5) is 5.69 Å². The van der Waals surface area contributed by atoms with Crippen molar-refractivity contribution in [1.29, 1.82) is 0 Å². The van der Waals surface area contributed by atoms with Crippen LogP contribution in [0.5, 0.6) is 17.2 Å². The Labute approximate surface area is 148 Å². The molecular weight excluding hydrogens is 338 g/mol. The van der Waals surface area contributed by atoms with Gasteiger partial charge in [-0.2, -0.15) is 0 Å². The van der Waals surface area contributed by atoms with Crippen molar-refractivity contribution in [1.82, 2.24) is 0 Å². The maximum atomic E-state index is 12.3. The maximum Gasteiger partial charge on any atom is 0.340 e. The average Bonchev–Trinajstić information content (AvgIpc) is 2.58. The molecule has 0 bridgehead atoms. The molecule has 2 aromatic carbocycles. The Morgan fingerprint density at radius 3 is 2.73 bits per heavy atom. The van der Waals surface area contributed by atoms with Crippen molar-refractivity contribution >= 4 is 22.6 Å². The lowest BCUT2D eigenvalue weighted by molar-refractivity contribution is -0.115. The van der Waals surface area contributed by atoms with Gasteiger partial charge in [-0.05, 0) is 24.6 Å². The highest BCUT2D eigenvalue weighted by Gasteiger charge is 2.18. The zero-order valence-electron chi connectivity index (χ0n) is 14.2. The van der Waals surface area contributed by atoms with E-state index >= 15 is 0 Å². The van der Waals surface area contributed by atoms with Crippen LogP contribution >= 0.6 is 0 Å². The standard InChI is InChI=1S/C19H17NO6/c1-10-14(9-17(23)20-11-4-3-5-13(6-11)25-2)19(24)26-16-8-12(21)7-15(22)18(10)16/h3-8,21-22H,9H2,1-2H3,(H,20,23). The van der Waals surface area contributed by atoms with Crippen molar-refractivity contribution in [2.45, 2.75) is 13.3 Å². The number of ether oxygens (including phenoxy) is 1. The molecule has 26 heavy (non-hydrogen) atoms. The van der Waals surface area contributed by atoms with Crippen molar-refractivity contribution in [3.05, 3.63) is 57.9 Å². The molecule has 0 atom stereocenters. The molecule has 0 aliphatic rings. The van der Waals surface area contributed by atoms with Gasteiger partial charge in [0.15, 0.2) is 0 Å². The predicted octanol–water partition coefficient (Wildman–Crippen LogP) is 2.70. The zero-order chi connectivity index (χ0) is 18.8. The number of amides is 1. The molecule has 0 unspecified atom stereocenters. The monoisotopic (exact) mass is 355 g/mol. The number of hydrogen-bond donors (Lipinski definition) is 3. The molecular formula is C19H17NO6. The molecule has 0 saturated carbocycles. The minimum Gasteiger partial charge on any atom is -0.508 e. The Bertz CT molecular complexity index is 1050. The van der Waals surface area contributed by atoms with Crippen molar-refractivity contribution in [2.75, 3.05) is 12.4 Å². The fourth-order valence-corrected chi connectivity index (χ4v) is 2.78. The first-order valence-electron chi connectivity index (χ1n) is 7.81. The third-order valence-electron chi connectivity index (χ3n) is 4.03. The van der Waals surface area contributed by atoms with Crippen LogP contribution in [0.3, 0.4) is 0 Å². The van der Waals surface area contributed by atoms with Crippen LogP contribution in [-0.2, 0) is 11.2 Å². The highest BCUT2D eigenvalue weighted by atomic mass is 16.5. The van der Waals surface area contributed by atoms with Gasteiger partial charge in [0, 0.05) is 23.9 Å². The number of fused-ring (bicyclic) bond motifs is 1. The third-order valence-corrected chi connectivity index (χ3v) is 4.03. The number of methoxy groups -OCH3 is 1. The fraction of sp³-hybridized carbons (Fsp3) is 0.158. The number of phenols is 2. The Kier molecular flexibility index (Phi) is 4.53. The minimum atomic E-state index is -0.694. The minimum absolute atomic E-state index is 0.0574. The molecule has 0 aliphatic heterocycles. The number of aryl methyl sites for hydroxylation is 1. The van der Waals surface area contributed by atoms with Gasteiger partial charge >= 0.3 is 5.63 Å². The number of anilines is 1. The molecule has 1 amide bonds. The van der Waals surface area contributed by atoms with Crippen molar-refractivity contribution < 1.29 is 24.2 Å². The van der Waals surface area contributed by atoms with E-state index in [1.807, 2.05) is 0 Å². The summed E-state index contributed by atoms with van der Waals surface area (Å²) in [6.07, 6.45) is -0.221. The first kappa shape index (κ1) is 17.3. The molecule has 0 fully saturated rings. The van der Waals surface area contributed by atoms with Crippen LogP contribution in [0, 0.1) is 6.92 Å². The van der Waals surface area contributed by atoms with Crippen LogP contribution in [0.2, 0.25) is 0 Å². The second kappa shape index (κ2) is 6.79. The van der Waals surface area contributed by atoms with Gasteiger partial charge in [-0.3, -0.25) is 4.79 Å². The number of nitrogens with one attached hydrogen (secondary N) is 1. The summed E-state index contributed by atoms with van der Waals surface area (Å²) >= 11 is 0. The Morgan fingerprint density at radius 2 is 2.00 bits per heavy atom. The summed E-state index contributed by atoms with van der Waals surface area (Å²) in [5.74, 6) is -0.267. The highest BCUT2D eigenvalue weighted by molar-refractivity contribution is 5.94. The SMILES string of the molecule is COc1cccc(NC(=O)Cc2c(C)c3c(O)cc(O)cc3oc2=O)c1. The Hall–Kier alpha value is -3.48. The van der Waals surface area contributed by atoms with Crippen LogP contribution in [0.1, 0.15) is 11.1 Å². The highest BCUT2D eigenvalue weighted by Crippen LogP contribution is 2.32. The average molecular weight is 355 g/mol. The summed E-state index contributed by atoms with van der Waals surface area (Å²) < 4.78 is 10.2. The quantitative estimate of drug-likeness (QED) is 0.621. The van der Waals surface area contributed by atoms with E-state index in [0.29, 0.717) is 17.0 Å². The molecule has 1 aromatic heterocycles. The first-order chi connectivity index (χ1) is 12.4. The summed E-state index contributed by atoms with van der Waals surface area (Å²) in [6, 6.07) is 9.22. The Balaban J connectivity index is 1.93. The van der Waals surface area contributed by atoms with Crippen molar-refractivity contribution in [2.24, 2.45) is 0 Å².